The standard InChI is InChI=1S/C11H13F13N2O2S.C2H4O2/c1-26(2)5-3-4-25-29(27,28)11(23,24)9(18,19)7(14,15)6(12,13)8(16,17)10(20,21)22;1-2(3)4/h25H,3-5H2,1-2H3;1H3,(H,3,4). The third kappa shape index (κ3) is 6.74. The quantitative estimate of drug-likeness (QED) is 0.316. The smallest absolute Gasteiger partial charge is 0.460 e. The molecule has 0 rings (SSSR count). The van der Waals surface area contributed by atoms with Crippen LogP contribution in [0.15, 0.2) is 0 Å². The Labute approximate surface area is 177 Å². The molecule has 0 heterocycles. The first-order chi connectivity index (χ1) is 14.1. The second-order valence-corrected chi connectivity index (χ2v) is 8.32. The number of carboxylic acid groups (broad SMARTS) is 1. The van der Waals surface area contributed by atoms with Gasteiger partial charge in [-0.3, -0.25) is 0 Å². The van der Waals surface area contributed by atoms with Crippen molar-refractivity contribution in [2.75, 3.05) is 27.2 Å². The van der Waals surface area contributed by atoms with E-state index in [-0.39, 0.29) is 13.0 Å². The van der Waals surface area contributed by atoms with E-state index in [2.05, 4.69) is 0 Å². The number of hydrogen-bond donors (Lipinski definition) is 2. The molecule has 0 spiro atoms. The molecular weight excluding hydrogens is 527 g/mol. The minimum atomic E-state index is -8.15. The Morgan fingerprint density at radius 1 is 0.788 bits per heavy atom. The summed E-state index contributed by atoms with van der Waals surface area (Å²) in [5.74, 6) is -33.2. The highest BCUT2D eigenvalue weighted by atomic mass is 32.2. The number of aliphatic carboxylic acids is 1. The van der Waals surface area contributed by atoms with Crippen LogP contribution in [0.25, 0.3) is 0 Å². The second kappa shape index (κ2) is 10.4. The SMILES string of the molecule is CC(=O)[O-].C[NH+](C)CCCNS(=O)(=O)C(F)(F)C(F)(F)C(F)(F)C(F)(F)C(F)(F)C(F)(F)F. The normalized spacial score (nSPS) is 14.7. The predicted molar refractivity (Wildman–Crippen MR) is 80.7 cm³/mol. The minimum Gasteiger partial charge on any atom is -0.550 e. The molecule has 0 aromatic carbocycles. The molecule has 0 aliphatic heterocycles. The Bertz CT molecular complexity index is 763. The van der Waals surface area contributed by atoms with E-state index < -0.39 is 57.7 Å². The average molecular weight is 544 g/mol. The van der Waals surface area contributed by atoms with Crippen molar-refractivity contribution >= 4 is 16.0 Å². The van der Waals surface area contributed by atoms with Gasteiger partial charge in [0.25, 0.3) is 10.0 Å². The van der Waals surface area contributed by atoms with E-state index in [1.807, 2.05) is 0 Å². The van der Waals surface area contributed by atoms with E-state index in [1.165, 1.54) is 14.1 Å². The van der Waals surface area contributed by atoms with Crippen molar-refractivity contribution in [3.05, 3.63) is 0 Å². The number of carboxylic acids is 1. The largest absolute Gasteiger partial charge is 0.550 e. The number of quaternary nitrogens is 1. The van der Waals surface area contributed by atoms with Crippen LogP contribution in [0.2, 0.25) is 0 Å². The van der Waals surface area contributed by atoms with Gasteiger partial charge in [-0.1, -0.05) is 0 Å². The van der Waals surface area contributed by atoms with Crippen LogP contribution in [-0.2, 0) is 14.8 Å². The van der Waals surface area contributed by atoms with Gasteiger partial charge in [0.05, 0.1) is 20.6 Å². The minimum absolute atomic E-state index is 0.0243. The molecule has 0 atom stereocenters. The monoisotopic (exact) mass is 544 g/mol. The van der Waals surface area contributed by atoms with Crippen molar-refractivity contribution < 1.29 is 80.3 Å². The average Bonchev–Trinajstić information content (AvgIpc) is 2.56. The Balaban J connectivity index is 0. The number of alkyl halides is 13. The Morgan fingerprint density at radius 3 is 1.42 bits per heavy atom. The third-order valence-corrected chi connectivity index (χ3v) is 4.90. The van der Waals surface area contributed by atoms with Crippen LogP contribution in [0.4, 0.5) is 57.1 Å². The Hall–Kier alpha value is -1.57. The van der Waals surface area contributed by atoms with Crippen molar-refractivity contribution in [2.24, 2.45) is 0 Å². The summed E-state index contributed by atoms with van der Waals surface area (Å²) < 4.78 is 191. The molecule has 0 aliphatic carbocycles. The fourth-order valence-corrected chi connectivity index (χ4v) is 2.72. The highest BCUT2D eigenvalue weighted by molar-refractivity contribution is 7.90. The summed E-state index contributed by atoms with van der Waals surface area (Å²) in [6.07, 6.45) is -7.90. The zero-order valence-corrected chi connectivity index (χ0v) is 17.4. The predicted octanol–water partition coefficient (Wildman–Crippen LogP) is 0.893. The van der Waals surface area contributed by atoms with Gasteiger partial charge >= 0.3 is 35.1 Å². The molecule has 0 aromatic rings. The van der Waals surface area contributed by atoms with E-state index >= 15 is 0 Å². The first-order valence-electron chi connectivity index (χ1n) is 8.06. The van der Waals surface area contributed by atoms with E-state index in [0.717, 1.165) is 6.92 Å². The van der Waals surface area contributed by atoms with Crippen LogP contribution in [0.5, 0.6) is 0 Å². The molecule has 0 saturated heterocycles. The highest BCUT2D eigenvalue weighted by Crippen LogP contribution is 2.60. The summed E-state index contributed by atoms with van der Waals surface area (Å²) in [5, 5.41) is 1.69. The lowest BCUT2D eigenvalue weighted by molar-refractivity contribution is -0.858. The Morgan fingerprint density at radius 2 is 1.12 bits per heavy atom. The number of carbonyl (C=O) groups excluding carboxylic acids is 1. The molecule has 33 heavy (non-hydrogen) atoms. The second-order valence-electron chi connectivity index (χ2n) is 6.51. The summed E-state index contributed by atoms with van der Waals surface area (Å²) in [6.45, 7) is -0.0869. The summed E-state index contributed by atoms with van der Waals surface area (Å²) in [4.78, 5) is 9.47. The number of rotatable bonds is 10. The summed E-state index contributed by atoms with van der Waals surface area (Å²) >= 11 is 0. The topological polar surface area (TPSA) is 90.7 Å². The van der Waals surface area contributed by atoms with Gasteiger partial charge < -0.3 is 14.8 Å². The lowest BCUT2D eigenvalue weighted by Crippen LogP contribution is -3.05. The molecule has 0 saturated carbocycles. The van der Waals surface area contributed by atoms with Gasteiger partial charge in [0.1, 0.15) is 0 Å². The van der Waals surface area contributed by atoms with Crippen molar-refractivity contribution in [1.29, 1.82) is 0 Å². The van der Waals surface area contributed by atoms with E-state index in [9.17, 15) is 65.5 Å². The van der Waals surface area contributed by atoms with Gasteiger partial charge in [-0.05, 0) is 6.92 Å². The molecule has 0 bridgehead atoms. The number of hydrogen-bond acceptors (Lipinski definition) is 4. The molecule has 0 aromatic heterocycles. The highest BCUT2D eigenvalue weighted by Gasteiger charge is 2.92. The maximum absolute atomic E-state index is 13.5. The molecule has 0 aliphatic rings. The molecular formula is C13H17F13N2O4S. The maximum atomic E-state index is 13.5. The fourth-order valence-electron chi connectivity index (χ4n) is 1.66. The number of carbonyl (C=O) groups is 1. The molecule has 20 heteroatoms. The third-order valence-electron chi connectivity index (χ3n) is 3.39. The fraction of sp³-hybridized carbons (Fsp3) is 0.923. The zero-order chi connectivity index (χ0) is 27.5. The lowest BCUT2D eigenvalue weighted by Gasteiger charge is -2.39. The molecule has 0 amide bonds. The van der Waals surface area contributed by atoms with Crippen LogP contribution in [0.3, 0.4) is 0 Å². The zero-order valence-electron chi connectivity index (χ0n) is 16.6. The summed E-state index contributed by atoms with van der Waals surface area (Å²) in [7, 11) is -3.98. The lowest BCUT2D eigenvalue weighted by atomic mass is 9.98. The molecule has 0 fully saturated rings. The summed E-state index contributed by atoms with van der Waals surface area (Å²) in [5.41, 5.74) is 0. The van der Waals surface area contributed by atoms with Gasteiger partial charge in [-0.15, -0.1) is 0 Å². The van der Waals surface area contributed by atoms with Crippen molar-refractivity contribution in [3.63, 3.8) is 0 Å². The Kier molecular flexibility index (Phi) is 10.6. The van der Waals surface area contributed by atoms with Gasteiger partial charge in [0.2, 0.25) is 0 Å². The van der Waals surface area contributed by atoms with E-state index in [4.69, 9.17) is 9.90 Å². The van der Waals surface area contributed by atoms with Gasteiger partial charge in [-0.2, -0.15) is 57.1 Å². The first kappa shape index (κ1) is 33.6. The van der Waals surface area contributed by atoms with Crippen LogP contribution in [0, 0.1) is 0 Å². The van der Waals surface area contributed by atoms with Gasteiger partial charge in [-0.25, -0.2) is 13.1 Å². The maximum Gasteiger partial charge on any atom is 0.460 e. The number of sulfonamides is 1. The van der Waals surface area contributed by atoms with Crippen LogP contribution < -0.4 is 14.7 Å². The molecule has 2 N–H and O–H groups in total. The van der Waals surface area contributed by atoms with Gasteiger partial charge in [0, 0.05) is 18.9 Å². The van der Waals surface area contributed by atoms with Crippen molar-refractivity contribution in [2.45, 2.75) is 48.5 Å². The summed E-state index contributed by atoms with van der Waals surface area (Å²) in [6, 6.07) is 0. The van der Waals surface area contributed by atoms with E-state index in [0.29, 0.717) is 9.62 Å². The number of halogens is 13. The van der Waals surface area contributed by atoms with Crippen molar-refractivity contribution in [1.82, 2.24) is 4.72 Å². The van der Waals surface area contributed by atoms with Crippen molar-refractivity contribution in [3.8, 4) is 0 Å². The van der Waals surface area contributed by atoms with Crippen LogP contribution in [0.1, 0.15) is 13.3 Å². The molecule has 0 radical (unpaired) electrons. The first-order valence-corrected chi connectivity index (χ1v) is 9.55. The number of nitrogens with one attached hydrogen (secondary N) is 2. The van der Waals surface area contributed by atoms with Crippen LogP contribution >= 0.6 is 0 Å². The van der Waals surface area contributed by atoms with Gasteiger partial charge in [0.15, 0.2) is 0 Å². The van der Waals surface area contributed by atoms with Crippen LogP contribution in [-0.4, -0.2) is 76.7 Å². The molecule has 200 valence electrons. The van der Waals surface area contributed by atoms with E-state index in [1.54, 1.807) is 0 Å². The molecule has 0 unspecified atom stereocenters. The molecule has 6 nitrogen and oxygen atoms in total.